The van der Waals surface area contributed by atoms with Crippen molar-refractivity contribution in [3.05, 3.63) is 78.6 Å². The van der Waals surface area contributed by atoms with Crippen molar-refractivity contribution in [3.8, 4) is 0 Å². The Balaban J connectivity index is 1.60. The van der Waals surface area contributed by atoms with Crippen LogP contribution in [0, 0.1) is 0 Å². The molecule has 0 radical (unpaired) electrons. The number of hydrogen-bond acceptors (Lipinski definition) is 3. The molecule has 0 aliphatic heterocycles. The fraction of sp³-hybridized carbons (Fsp3) is 0.211. The molecule has 4 rings (SSSR count). The third kappa shape index (κ3) is 3.24. The maximum Gasteiger partial charge on any atom is 0.319 e. The molecule has 0 saturated carbocycles. The lowest BCUT2D eigenvalue weighted by molar-refractivity contribution is 0.239. The summed E-state index contributed by atoms with van der Waals surface area (Å²) in [7, 11) is 0. The van der Waals surface area contributed by atoms with Crippen LogP contribution in [0.3, 0.4) is 0 Å². The summed E-state index contributed by atoms with van der Waals surface area (Å²) < 4.78 is 2.07. The van der Waals surface area contributed by atoms with Gasteiger partial charge in [0.1, 0.15) is 0 Å². The van der Waals surface area contributed by atoms with E-state index in [4.69, 9.17) is 0 Å². The molecule has 126 valence electrons. The summed E-state index contributed by atoms with van der Waals surface area (Å²) >= 11 is 0. The molecular weight excluding hydrogens is 314 g/mol. The maximum atomic E-state index is 12.5. The topological polar surface area (TPSA) is 71.8 Å². The molecule has 0 bridgehead atoms. The number of benzene rings is 1. The van der Waals surface area contributed by atoms with Crippen LogP contribution in [0.1, 0.15) is 29.6 Å². The van der Waals surface area contributed by atoms with Crippen LogP contribution in [0.5, 0.6) is 0 Å². The molecular formula is C19H19N5O. The smallest absolute Gasteiger partial charge is 0.319 e. The Morgan fingerprint density at radius 2 is 2.04 bits per heavy atom. The van der Waals surface area contributed by atoms with Gasteiger partial charge in [-0.2, -0.15) is 0 Å². The molecule has 2 atom stereocenters. The summed E-state index contributed by atoms with van der Waals surface area (Å²) in [5.41, 5.74) is 3.11. The van der Waals surface area contributed by atoms with Crippen LogP contribution in [0.25, 0.3) is 0 Å². The summed E-state index contributed by atoms with van der Waals surface area (Å²) in [5.74, 6) is 0. The summed E-state index contributed by atoms with van der Waals surface area (Å²) in [6.07, 6.45) is 10.8. The number of nitrogens with one attached hydrogen (secondary N) is 2. The second-order valence-electron chi connectivity index (χ2n) is 6.13. The van der Waals surface area contributed by atoms with Gasteiger partial charge in [0.05, 0.1) is 30.3 Å². The number of urea groups is 1. The third-order valence-corrected chi connectivity index (χ3v) is 4.60. The minimum absolute atomic E-state index is 0.115. The van der Waals surface area contributed by atoms with E-state index >= 15 is 0 Å². The zero-order valence-electron chi connectivity index (χ0n) is 13.7. The molecule has 6 nitrogen and oxygen atoms in total. The monoisotopic (exact) mass is 333 g/mol. The van der Waals surface area contributed by atoms with E-state index in [0.717, 1.165) is 18.4 Å². The van der Waals surface area contributed by atoms with E-state index in [1.165, 1.54) is 5.56 Å². The van der Waals surface area contributed by atoms with Crippen LogP contribution >= 0.6 is 0 Å². The normalized spacial score (nSPS) is 19.0. The number of fused-ring (bicyclic) bond motifs is 1. The average molecular weight is 333 g/mol. The van der Waals surface area contributed by atoms with E-state index in [1.807, 2.05) is 30.7 Å². The highest BCUT2D eigenvalue weighted by atomic mass is 16.2. The lowest BCUT2D eigenvalue weighted by atomic mass is 9.84. The minimum atomic E-state index is -0.236. The molecule has 2 N–H and O–H groups in total. The zero-order valence-corrected chi connectivity index (χ0v) is 13.7. The van der Waals surface area contributed by atoms with Crippen LogP contribution in [-0.4, -0.2) is 20.6 Å². The second-order valence-corrected chi connectivity index (χ2v) is 6.13. The largest absolute Gasteiger partial charge is 0.332 e. The van der Waals surface area contributed by atoms with E-state index in [0.29, 0.717) is 5.69 Å². The molecule has 2 aromatic heterocycles. The van der Waals surface area contributed by atoms with E-state index in [2.05, 4.69) is 37.3 Å². The molecule has 0 spiro atoms. The van der Waals surface area contributed by atoms with E-state index < -0.39 is 0 Å². The summed E-state index contributed by atoms with van der Waals surface area (Å²) in [4.78, 5) is 20.7. The zero-order chi connectivity index (χ0) is 17.1. The maximum absolute atomic E-state index is 12.5. The predicted octanol–water partition coefficient (Wildman–Crippen LogP) is 3.33. The number of amides is 2. The van der Waals surface area contributed by atoms with Crippen molar-refractivity contribution >= 4 is 11.7 Å². The fourth-order valence-corrected chi connectivity index (χ4v) is 3.45. The molecule has 1 aliphatic rings. The molecule has 2 amide bonds. The highest BCUT2D eigenvalue weighted by Crippen LogP contribution is 2.37. The van der Waals surface area contributed by atoms with Gasteiger partial charge in [-0.25, -0.2) is 9.78 Å². The Labute approximate surface area is 145 Å². The van der Waals surface area contributed by atoms with E-state index in [9.17, 15) is 4.79 Å². The van der Waals surface area contributed by atoms with Crippen molar-refractivity contribution in [2.24, 2.45) is 0 Å². The van der Waals surface area contributed by atoms with Crippen LogP contribution in [0.2, 0.25) is 0 Å². The van der Waals surface area contributed by atoms with Gasteiger partial charge in [0.2, 0.25) is 0 Å². The molecule has 2 heterocycles. The van der Waals surface area contributed by atoms with Gasteiger partial charge in [0.25, 0.3) is 0 Å². The number of hydrogen-bond donors (Lipinski definition) is 2. The van der Waals surface area contributed by atoms with Gasteiger partial charge < -0.3 is 15.2 Å². The number of carbonyl (C=O) groups excluding carboxylic acids is 1. The van der Waals surface area contributed by atoms with Gasteiger partial charge in [0, 0.05) is 18.6 Å². The standard InChI is InChI=1S/C19H19N5O/c25-19(22-15-5-3-9-20-12-15)23-18-16-6-2-1-4-14(16)7-8-17(18)24-11-10-21-13-24/h1-6,9-13,17-18H,7-8H2,(H2,22,23,25)/t17-,18-/m1/s1. The van der Waals surface area contributed by atoms with E-state index in [-0.39, 0.29) is 18.1 Å². The van der Waals surface area contributed by atoms with Crippen LogP contribution < -0.4 is 10.6 Å². The molecule has 25 heavy (non-hydrogen) atoms. The summed E-state index contributed by atoms with van der Waals surface area (Å²) in [6, 6.07) is 11.7. The molecule has 6 heteroatoms. The molecule has 3 aromatic rings. The fourth-order valence-electron chi connectivity index (χ4n) is 3.45. The van der Waals surface area contributed by atoms with Gasteiger partial charge in [-0.3, -0.25) is 4.98 Å². The Morgan fingerprint density at radius 1 is 1.12 bits per heavy atom. The number of nitrogens with zero attached hydrogens (tertiary/aromatic N) is 3. The Bertz CT molecular complexity index is 847. The number of aryl methyl sites for hydroxylation is 1. The van der Waals surface area contributed by atoms with Crippen LogP contribution in [-0.2, 0) is 6.42 Å². The lowest BCUT2D eigenvalue weighted by Gasteiger charge is -2.35. The Morgan fingerprint density at radius 3 is 2.84 bits per heavy atom. The quantitative estimate of drug-likeness (QED) is 0.772. The molecule has 0 unspecified atom stereocenters. The van der Waals surface area contributed by atoms with Crippen LogP contribution in [0.4, 0.5) is 10.5 Å². The van der Waals surface area contributed by atoms with Gasteiger partial charge in [0.15, 0.2) is 0 Å². The molecule has 0 saturated heterocycles. The highest BCUT2D eigenvalue weighted by molar-refractivity contribution is 5.89. The molecule has 1 aliphatic carbocycles. The number of pyridine rings is 1. The Kier molecular flexibility index (Phi) is 4.16. The van der Waals surface area contributed by atoms with Gasteiger partial charge in [-0.05, 0) is 36.1 Å². The predicted molar refractivity (Wildman–Crippen MR) is 95.2 cm³/mol. The number of carbonyl (C=O) groups is 1. The van der Waals surface area contributed by atoms with Crippen molar-refractivity contribution in [1.82, 2.24) is 19.9 Å². The minimum Gasteiger partial charge on any atom is -0.332 e. The van der Waals surface area contributed by atoms with Crippen molar-refractivity contribution in [2.45, 2.75) is 24.9 Å². The van der Waals surface area contributed by atoms with Crippen molar-refractivity contribution in [1.29, 1.82) is 0 Å². The van der Waals surface area contributed by atoms with Gasteiger partial charge in [-0.15, -0.1) is 0 Å². The number of rotatable bonds is 3. The highest BCUT2D eigenvalue weighted by Gasteiger charge is 2.31. The van der Waals surface area contributed by atoms with Crippen molar-refractivity contribution in [3.63, 3.8) is 0 Å². The van der Waals surface area contributed by atoms with Crippen molar-refractivity contribution in [2.75, 3.05) is 5.32 Å². The number of imidazole rings is 1. The van der Waals surface area contributed by atoms with Crippen LogP contribution in [0.15, 0.2) is 67.5 Å². The second kappa shape index (κ2) is 6.76. The first-order valence-corrected chi connectivity index (χ1v) is 8.34. The first-order valence-electron chi connectivity index (χ1n) is 8.34. The van der Waals surface area contributed by atoms with E-state index in [1.54, 1.807) is 24.7 Å². The first-order chi connectivity index (χ1) is 12.3. The summed E-state index contributed by atoms with van der Waals surface area (Å²) in [5, 5.41) is 5.98. The number of aromatic nitrogens is 3. The molecule has 1 aromatic carbocycles. The molecule has 0 fully saturated rings. The summed E-state index contributed by atoms with van der Waals surface area (Å²) in [6.45, 7) is 0. The lowest BCUT2D eigenvalue weighted by Crippen LogP contribution is -2.39. The van der Waals surface area contributed by atoms with Gasteiger partial charge in [-0.1, -0.05) is 24.3 Å². The van der Waals surface area contributed by atoms with Gasteiger partial charge >= 0.3 is 6.03 Å². The third-order valence-electron chi connectivity index (χ3n) is 4.60. The number of anilines is 1. The average Bonchev–Trinajstić information content (AvgIpc) is 3.17. The Hall–Kier alpha value is -3.15. The first kappa shape index (κ1) is 15.4. The van der Waals surface area contributed by atoms with Crippen molar-refractivity contribution < 1.29 is 4.79 Å². The SMILES string of the molecule is O=C(Nc1cccnc1)N[C@@H]1c2ccccc2CC[C@H]1n1ccnc1.